The molecule has 1 saturated heterocycles. The van der Waals surface area contributed by atoms with Gasteiger partial charge in [-0.2, -0.15) is 0 Å². The average Bonchev–Trinajstić information content (AvgIpc) is 4.07. The highest BCUT2D eigenvalue weighted by molar-refractivity contribution is 8.77. The van der Waals surface area contributed by atoms with Gasteiger partial charge in [0.25, 0.3) is 0 Å². The van der Waals surface area contributed by atoms with Crippen molar-refractivity contribution >= 4 is 39.4 Å². The van der Waals surface area contributed by atoms with Gasteiger partial charge in [-0.05, 0) is 169 Å². The molecule has 6 aliphatic carbocycles. The summed E-state index contributed by atoms with van der Waals surface area (Å²) in [5, 5.41) is 31.7. The van der Waals surface area contributed by atoms with Crippen LogP contribution < -0.4 is 26.8 Å². The summed E-state index contributed by atoms with van der Waals surface area (Å²) in [6, 6.07) is 2.12. The summed E-state index contributed by atoms with van der Waals surface area (Å²) in [4.78, 5) is 34.4. The van der Waals surface area contributed by atoms with Crippen molar-refractivity contribution in [2.75, 3.05) is 25.4 Å². The van der Waals surface area contributed by atoms with Crippen LogP contribution in [0.5, 0.6) is 11.5 Å². The van der Waals surface area contributed by atoms with E-state index in [1.807, 2.05) is 32.6 Å². The first-order chi connectivity index (χ1) is 33.3. The topological polar surface area (TPSA) is 185 Å². The van der Waals surface area contributed by atoms with E-state index < -0.39 is 22.7 Å². The number of aliphatic imine (C=N–C) groups is 1. The number of phenols is 1. The van der Waals surface area contributed by atoms with E-state index >= 15 is 0 Å². The predicted octanol–water partition coefficient (Wildman–Crippen LogP) is 9.14. The van der Waals surface area contributed by atoms with E-state index in [-0.39, 0.29) is 46.3 Å². The lowest BCUT2D eigenvalue weighted by Crippen LogP contribution is -2.55. The maximum absolute atomic E-state index is 14.5. The Labute approximate surface area is 417 Å². The Balaban J connectivity index is 0.950. The fourth-order valence-electron chi connectivity index (χ4n) is 16.0. The molecular formula is C55H78N6O6S2. The molecule has 3 spiro atoms. The number of carbonyl (C=O) groups is 2. The molecule has 0 radical (unpaired) electrons. The molecule has 69 heavy (non-hydrogen) atoms. The van der Waals surface area contributed by atoms with Crippen LogP contribution in [0.2, 0.25) is 0 Å². The molecule has 5 saturated carbocycles. The van der Waals surface area contributed by atoms with Crippen molar-refractivity contribution in [1.29, 1.82) is 0 Å². The van der Waals surface area contributed by atoms with E-state index in [0.29, 0.717) is 99.0 Å². The Morgan fingerprint density at radius 3 is 2.62 bits per heavy atom. The van der Waals surface area contributed by atoms with Crippen molar-refractivity contribution in [3.63, 3.8) is 0 Å². The molecule has 376 valence electrons. The monoisotopic (exact) mass is 983 g/mol. The largest absolute Gasteiger partial charge is 0.504 e. The van der Waals surface area contributed by atoms with Gasteiger partial charge in [-0.3, -0.25) is 14.6 Å². The van der Waals surface area contributed by atoms with Crippen LogP contribution in [-0.2, 0) is 27.3 Å². The number of phenolic OH excluding ortho intramolecular Hbond substituents is 1. The molecule has 1 amide bonds. The Morgan fingerprint density at radius 2 is 1.83 bits per heavy atom. The minimum atomic E-state index is -0.796. The van der Waals surface area contributed by atoms with Crippen molar-refractivity contribution in [3.05, 3.63) is 58.5 Å². The zero-order valence-corrected chi connectivity index (χ0v) is 42.7. The summed E-state index contributed by atoms with van der Waals surface area (Å²) in [7, 11) is 4.08. The highest BCUT2D eigenvalue weighted by Gasteiger charge is 2.57. The third kappa shape index (κ3) is 9.09. The number of ether oxygens (including phenoxy) is 2. The normalized spacial score (nSPS) is 38.7. The molecule has 1 aromatic carbocycles. The highest BCUT2D eigenvalue weighted by atomic mass is 33.1. The van der Waals surface area contributed by atoms with Crippen LogP contribution in [0.15, 0.2) is 46.8 Å². The van der Waals surface area contributed by atoms with Crippen molar-refractivity contribution in [2.24, 2.45) is 51.0 Å². The fourth-order valence-corrected chi connectivity index (χ4v) is 20.0. The maximum atomic E-state index is 14.5. The predicted molar refractivity (Wildman–Crippen MR) is 274 cm³/mol. The van der Waals surface area contributed by atoms with E-state index in [9.17, 15) is 19.8 Å². The van der Waals surface area contributed by atoms with Crippen LogP contribution in [0.4, 0.5) is 0 Å². The maximum Gasteiger partial charge on any atom is 0.303 e. The highest BCUT2D eigenvalue weighted by Crippen LogP contribution is 2.64. The number of dihydropyridines is 1. The minimum absolute atomic E-state index is 0.0527. The Bertz CT molecular complexity index is 2280. The second-order valence-electron chi connectivity index (χ2n) is 23.7. The smallest absolute Gasteiger partial charge is 0.303 e. The summed E-state index contributed by atoms with van der Waals surface area (Å²) < 4.78 is 13.5. The number of nitrogens with two attached hydrogens (primary N) is 2. The van der Waals surface area contributed by atoms with Crippen LogP contribution in [0.25, 0.3) is 0 Å². The van der Waals surface area contributed by atoms with Crippen molar-refractivity contribution in [3.8, 4) is 11.5 Å². The van der Waals surface area contributed by atoms with Gasteiger partial charge in [-0.25, -0.2) is 0 Å². The number of nitrogens with zero attached hydrogens (tertiary/aromatic N) is 2. The van der Waals surface area contributed by atoms with Gasteiger partial charge in [-0.15, -0.1) is 0 Å². The molecule has 10 bridgehead atoms. The van der Waals surface area contributed by atoms with Crippen LogP contribution in [0.1, 0.15) is 171 Å². The van der Waals surface area contributed by atoms with E-state index in [1.54, 1.807) is 0 Å². The number of rotatable bonds is 3. The number of nitrogens with one attached hydrogen (secondary N) is 2. The van der Waals surface area contributed by atoms with Gasteiger partial charge in [0.2, 0.25) is 5.91 Å². The van der Waals surface area contributed by atoms with Crippen LogP contribution in [0.3, 0.4) is 0 Å². The molecule has 14 heteroatoms. The molecule has 0 unspecified atom stereocenters. The quantitative estimate of drug-likeness (QED) is 0.0961. The number of benzene rings is 1. The molecule has 7 aliphatic heterocycles. The second kappa shape index (κ2) is 18.8. The SMILES string of the molecule is CC(=O)O[C@@]12CCc3cc(c(O)c4c3[C@H]3C=C[C@@]5(CCC[C@@H]5C3)O4)CN3C[C@](CC4=CCNC(N)=C4)(CCN=C(N)N[C@@]4(CCCC45CCCC5)SSCC4CCC(CC4)[C@@H](CC1)[C@H](O)C2)CC3=O. The number of aromatic hydroxyl groups is 1. The van der Waals surface area contributed by atoms with Crippen LogP contribution >= 0.6 is 21.6 Å². The van der Waals surface area contributed by atoms with E-state index in [2.05, 4.69) is 34.9 Å². The number of amides is 1. The number of aliphatic hydroxyl groups is 1. The molecule has 6 fully saturated rings. The van der Waals surface area contributed by atoms with Gasteiger partial charge in [0.05, 0.1) is 11.9 Å². The third-order valence-electron chi connectivity index (χ3n) is 19.5. The van der Waals surface area contributed by atoms with Crippen molar-refractivity contribution < 1.29 is 29.3 Å². The Hall–Kier alpha value is -3.49. The fraction of sp³-hybridized carbons (Fsp3) is 0.727. The number of esters is 1. The third-order valence-corrected chi connectivity index (χ3v) is 22.9. The van der Waals surface area contributed by atoms with Gasteiger partial charge >= 0.3 is 5.97 Å². The van der Waals surface area contributed by atoms with E-state index in [4.69, 9.17) is 25.9 Å². The first kappa shape index (κ1) is 47.8. The lowest BCUT2D eigenvalue weighted by atomic mass is 9.66. The van der Waals surface area contributed by atoms with Crippen LogP contribution in [-0.4, -0.2) is 80.5 Å². The number of aliphatic hydroxyl groups excluding tert-OH is 1. The van der Waals surface area contributed by atoms with E-state index in [1.165, 1.54) is 58.3 Å². The zero-order valence-electron chi connectivity index (χ0n) is 41.0. The molecule has 12 nitrogen and oxygen atoms in total. The molecule has 8 N–H and O–H groups in total. The average molecular weight is 983 g/mol. The summed E-state index contributed by atoms with van der Waals surface area (Å²) in [6.45, 7) is 3.39. The van der Waals surface area contributed by atoms with Gasteiger partial charge < -0.3 is 46.7 Å². The first-order valence-corrected chi connectivity index (χ1v) is 29.3. The molecule has 1 aromatic rings. The lowest BCUT2D eigenvalue weighted by molar-refractivity contribution is -0.170. The van der Waals surface area contributed by atoms with Crippen LogP contribution in [0, 0.1) is 34.5 Å². The first-order valence-electron chi connectivity index (χ1n) is 27.0. The van der Waals surface area contributed by atoms with Crippen molar-refractivity contribution in [1.82, 2.24) is 15.5 Å². The summed E-state index contributed by atoms with van der Waals surface area (Å²) in [5.41, 5.74) is 15.7. The van der Waals surface area contributed by atoms with E-state index in [0.717, 1.165) is 80.2 Å². The summed E-state index contributed by atoms with van der Waals surface area (Å²) in [6.07, 6.45) is 30.2. The number of guanidine groups is 1. The standard InChI is InChI=1S/C55H78N6O6S2/c1-35(62)66-53-20-11-39-27-41(48(65)49-47(39)40-12-22-54(67-49)18-4-6-42(54)28-40)32-61-34-51(31-46(61)64,29-37-14-24-58-45(56)26-37)23-25-59-50(57)60-55(19-5-17-52(55)15-2-3-16-52)69-68-33-36-7-9-38(10-8-36)43(13-21-53)44(63)30-53/h12,14,22,26-27,36,38,40,42-44,58,63,65H,2-11,13,15-21,23-25,28-34,56H2,1H3,(H3,57,59,60)/t36?,38?,40-,42+,43+,44+,51-,53-,54+,55-/m0/s1. The molecule has 14 rings (SSSR count). The number of hydrogen-bond acceptors (Lipinski definition) is 13. The molecule has 13 aliphatic rings. The zero-order chi connectivity index (χ0) is 47.6. The number of allylic oxidation sites excluding steroid dienone is 3. The van der Waals surface area contributed by atoms with Crippen molar-refractivity contribution in [2.45, 2.75) is 189 Å². The number of hydrogen-bond donors (Lipinski definition) is 6. The lowest BCUT2D eigenvalue weighted by Gasteiger charge is -2.46. The number of fused-ring (bicyclic) bond motifs is 2. The molecular weight excluding hydrogens is 905 g/mol. The summed E-state index contributed by atoms with van der Waals surface area (Å²) >= 11 is 0. The van der Waals surface area contributed by atoms with Gasteiger partial charge in [0.15, 0.2) is 17.5 Å². The van der Waals surface area contributed by atoms with Gasteiger partial charge in [0.1, 0.15) is 16.1 Å². The van der Waals surface area contributed by atoms with Gasteiger partial charge in [0, 0.05) is 85.5 Å². The molecule has 8 atom stereocenters. The number of aryl methyl sites for hydroxylation is 1. The molecule has 0 aromatic heterocycles. The summed E-state index contributed by atoms with van der Waals surface area (Å²) in [5.74, 6) is 4.44. The Morgan fingerprint density at radius 1 is 1.00 bits per heavy atom. The second-order valence-corrected chi connectivity index (χ2v) is 26.3. The molecule has 7 heterocycles. The van der Waals surface area contributed by atoms with Gasteiger partial charge in [-0.1, -0.05) is 46.6 Å². The minimum Gasteiger partial charge on any atom is -0.504 e. The number of carbonyl (C=O) groups excluding carboxylic acids is 2. The Kier molecular flexibility index (Phi) is 13.1.